The molecule has 0 aromatic heterocycles. The predicted molar refractivity (Wildman–Crippen MR) is 74.7 cm³/mol. The summed E-state index contributed by atoms with van der Waals surface area (Å²) in [5.41, 5.74) is -3.48. The second-order valence-electron chi connectivity index (χ2n) is 4.22. The lowest BCUT2D eigenvalue weighted by atomic mass is 10.3. The molecular formula is C14H9F2O6P. The third kappa shape index (κ3) is 4.21. The van der Waals surface area contributed by atoms with Gasteiger partial charge in [0.1, 0.15) is 23.1 Å². The van der Waals surface area contributed by atoms with E-state index < -0.39 is 30.4 Å². The Kier molecular flexibility index (Phi) is 4.88. The quantitative estimate of drug-likeness (QED) is 0.847. The highest BCUT2D eigenvalue weighted by atomic mass is 31.2. The van der Waals surface area contributed by atoms with Crippen molar-refractivity contribution in [3.05, 3.63) is 60.2 Å². The van der Waals surface area contributed by atoms with Crippen LogP contribution in [-0.2, 0) is 4.57 Å². The number of halogens is 2. The molecule has 0 aliphatic rings. The summed E-state index contributed by atoms with van der Waals surface area (Å²) in [4.78, 5) is 32.8. The van der Waals surface area contributed by atoms with E-state index in [1.165, 1.54) is 0 Å². The van der Waals surface area contributed by atoms with Gasteiger partial charge in [0, 0.05) is 0 Å². The monoisotopic (exact) mass is 342 g/mol. The molecule has 0 bridgehead atoms. The Bertz CT molecular complexity index is 709. The molecule has 0 aliphatic heterocycles. The second-order valence-corrected chi connectivity index (χ2v) is 6.10. The highest BCUT2D eigenvalue weighted by Crippen LogP contribution is 2.45. The second kappa shape index (κ2) is 6.68. The maximum Gasteiger partial charge on any atom is 0.411 e. The summed E-state index contributed by atoms with van der Waals surface area (Å²) in [6, 6.07) is 8.00. The summed E-state index contributed by atoms with van der Waals surface area (Å²) < 4.78 is 46.3. The van der Waals surface area contributed by atoms with Gasteiger partial charge in [-0.3, -0.25) is 4.57 Å². The Labute approximate surface area is 128 Å². The summed E-state index contributed by atoms with van der Waals surface area (Å²) in [7, 11) is -5.14. The maximum atomic E-state index is 12.7. The first kappa shape index (κ1) is 16.8. The van der Waals surface area contributed by atoms with E-state index >= 15 is 0 Å². The molecular weight excluding hydrogens is 333 g/mol. The van der Waals surface area contributed by atoms with E-state index in [0.29, 0.717) is 0 Å². The zero-order valence-corrected chi connectivity index (χ0v) is 12.2. The van der Waals surface area contributed by atoms with Crippen molar-refractivity contribution in [3.8, 4) is 11.5 Å². The lowest BCUT2D eigenvalue weighted by Crippen LogP contribution is -2.16. The lowest BCUT2D eigenvalue weighted by molar-refractivity contribution is 0.210. The number of rotatable bonds is 4. The maximum absolute atomic E-state index is 12.7. The molecule has 0 aliphatic carbocycles. The molecule has 0 atom stereocenters. The zero-order chi connectivity index (χ0) is 17.0. The van der Waals surface area contributed by atoms with E-state index in [1.54, 1.807) is 0 Å². The molecule has 2 aromatic rings. The third-order valence-electron chi connectivity index (χ3n) is 2.53. The Morgan fingerprint density at radius 3 is 1.39 bits per heavy atom. The van der Waals surface area contributed by atoms with Crippen molar-refractivity contribution in [1.29, 1.82) is 0 Å². The first-order valence-corrected chi connectivity index (χ1v) is 7.73. The van der Waals surface area contributed by atoms with Crippen LogP contribution in [0.3, 0.4) is 0 Å². The molecule has 0 radical (unpaired) electrons. The van der Waals surface area contributed by atoms with Crippen LogP contribution in [0, 0.1) is 11.6 Å². The van der Waals surface area contributed by atoms with Crippen LogP contribution < -0.4 is 9.47 Å². The van der Waals surface area contributed by atoms with Gasteiger partial charge in [-0.25, -0.2) is 18.4 Å². The Morgan fingerprint density at radius 1 is 0.783 bits per heavy atom. The van der Waals surface area contributed by atoms with Crippen molar-refractivity contribution in [2.24, 2.45) is 0 Å². The number of ether oxygens (including phenoxy) is 2. The molecule has 0 unspecified atom stereocenters. The molecule has 0 amide bonds. The molecule has 0 saturated carbocycles. The Balaban J connectivity index is 2.08. The van der Waals surface area contributed by atoms with Crippen molar-refractivity contribution < 1.29 is 37.3 Å². The van der Waals surface area contributed by atoms with Crippen LogP contribution in [0.25, 0.3) is 0 Å². The van der Waals surface area contributed by atoms with Crippen molar-refractivity contribution in [1.82, 2.24) is 0 Å². The topological polar surface area (TPSA) is 89.9 Å². The standard InChI is InChI=1S/C14H9F2O6P/c15-9-1-5-11(6-2-9)21-13(17)23(19,20)14(18)22-12-7-3-10(16)4-8-12/h1-8H,(H,19,20). The van der Waals surface area contributed by atoms with Gasteiger partial charge in [0.2, 0.25) is 0 Å². The summed E-state index contributed by atoms with van der Waals surface area (Å²) >= 11 is 0. The molecule has 6 nitrogen and oxygen atoms in total. The van der Waals surface area contributed by atoms with Gasteiger partial charge in [-0.05, 0) is 48.5 Å². The summed E-state index contributed by atoms with van der Waals surface area (Å²) in [5, 5.41) is 0. The molecule has 2 aromatic carbocycles. The van der Waals surface area contributed by atoms with E-state index in [2.05, 4.69) is 9.47 Å². The molecule has 0 heterocycles. The average molecular weight is 342 g/mol. The zero-order valence-electron chi connectivity index (χ0n) is 11.3. The van der Waals surface area contributed by atoms with Gasteiger partial charge < -0.3 is 14.4 Å². The molecule has 23 heavy (non-hydrogen) atoms. The summed E-state index contributed by atoms with van der Waals surface area (Å²) in [5.74, 6) is -1.65. The molecule has 0 spiro atoms. The van der Waals surface area contributed by atoms with E-state index in [4.69, 9.17) is 0 Å². The van der Waals surface area contributed by atoms with Crippen LogP contribution in [0.2, 0.25) is 0 Å². The first-order chi connectivity index (χ1) is 10.8. The average Bonchev–Trinajstić information content (AvgIpc) is 2.51. The molecule has 0 fully saturated rings. The van der Waals surface area contributed by atoms with E-state index in [9.17, 15) is 27.8 Å². The molecule has 2 rings (SSSR count). The molecule has 0 saturated heterocycles. The van der Waals surface area contributed by atoms with Gasteiger partial charge >= 0.3 is 18.8 Å². The Hall–Kier alpha value is -2.57. The lowest BCUT2D eigenvalue weighted by Gasteiger charge is -2.10. The number of benzene rings is 2. The van der Waals surface area contributed by atoms with Crippen LogP contribution in [-0.4, -0.2) is 16.3 Å². The highest BCUT2D eigenvalue weighted by molar-refractivity contribution is 7.89. The number of hydrogen-bond acceptors (Lipinski definition) is 5. The summed E-state index contributed by atoms with van der Waals surface area (Å²) in [6.45, 7) is 0. The fourth-order valence-corrected chi connectivity index (χ4v) is 2.01. The van der Waals surface area contributed by atoms with Crippen LogP contribution in [0.4, 0.5) is 18.4 Å². The van der Waals surface area contributed by atoms with Crippen molar-refractivity contribution in [2.75, 3.05) is 0 Å². The van der Waals surface area contributed by atoms with Gasteiger partial charge in [0.05, 0.1) is 0 Å². The fourth-order valence-electron chi connectivity index (χ4n) is 1.41. The van der Waals surface area contributed by atoms with Gasteiger partial charge in [-0.1, -0.05) is 0 Å². The van der Waals surface area contributed by atoms with Crippen molar-refractivity contribution in [3.63, 3.8) is 0 Å². The molecule has 1 N–H and O–H groups in total. The van der Waals surface area contributed by atoms with Gasteiger partial charge in [-0.2, -0.15) is 0 Å². The van der Waals surface area contributed by atoms with Crippen LogP contribution in [0.1, 0.15) is 0 Å². The van der Waals surface area contributed by atoms with Crippen LogP contribution >= 0.6 is 7.37 Å². The minimum absolute atomic E-state index is 0.222. The van der Waals surface area contributed by atoms with Crippen LogP contribution in [0.5, 0.6) is 11.5 Å². The number of carbonyl (C=O) groups excluding carboxylic acids is 2. The SMILES string of the molecule is O=C(Oc1ccc(F)cc1)P(=O)(O)C(=O)Oc1ccc(F)cc1. The Morgan fingerprint density at radius 2 is 1.09 bits per heavy atom. The van der Waals surface area contributed by atoms with Crippen molar-refractivity contribution >= 4 is 18.8 Å². The van der Waals surface area contributed by atoms with Crippen LogP contribution in [0.15, 0.2) is 48.5 Å². The fraction of sp³-hybridized carbons (Fsp3) is 0. The highest BCUT2D eigenvalue weighted by Gasteiger charge is 2.42. The van der Waals surface area contributed by atoms with E-state index in [-0.39, 0.29) is 11.5 Å². The molecule has 9 heteroatoms. The third-order valence-corrected chi connectivity index (χ3v) is 3.71. The minimum Gasteiger partial charge on any atom is -0.419 e. The first-order valence-electron chi connectivity index (χ1n) is 6.08. The van der Waals surface area contributed by atoms with Crippen molar-refractivity contribution in [2.45, 2.75) is 0 Å². The summed E-state index contributed by atoms with van der Waals surface area (Å²) in [6.07, 6.45) is 0. The van der Waals surface area contributed by atoms with E-state index in [1.807, 2.05) is 0 Å². The predicted octanol–water partition coefficient (Wildman–Crippen LogP) is 3.93. The smallest absolute Gasteiger partial charge is 0.411 e. The van der Waals surface area contributed by atoms with Gasteiger partial charge in [0.15, 0.2) is 0 Å². The van der Waals surface area contributed by atoms with Gasteiger partial charge in [0.25, 0.3) is 0 Å². The van der Waals surface area contributed by atoms with E-state index in [0.717, 1.165) is 48.5 Å². The number of carbonyl (C=O) groups is 2. The minimum atomic E-state index is -5.14. The normalized spacial score (nSPS) is 10.9. The largest absolute Gasteiger partial charge is 0.419 e. The number of hydrogen-bond donors (Lipinski definition) is 1. The molecule has 120 valence electrons. The van der Waals surface area contributed by atoms with Gasteiger partial charge in [-0.15, -0.1) is 0 Å².